The lowest BCUT2D eigenvalue weighted by Gasteiger charge is -2.36. The molecule has 0 spiro atoms. The Bertz CT molecular complexity index is 896. The zero-order chi connectivity index (χ0) is 22.0. The fraction of sp³-hybridized carbons (Fsp3) is 0.500. The Morgan fingerprint density at radius 1 is 0.968 bits per heavy atom. The number of benzene rings is 2. The van der Waals surface area contributed by atoms with Crippen LogP contribution in [0.5, 0.6) is 0 Å². The molecule has 0 bridgehead atoms. The number of amides is 1. The van der Waals surface area contributed by atoms with Crippen molar-refractivity contribution in [2.75, 3.05) is 49.6 Å². The molecule has 2 aromatic carbocycles. The first kappa shape index (κ1) is 21.8. The molecule has 1 amide bonds. The molecule has 0 aliphatic carbocycles. The van der Waals surface area contributed by atoms with Crippen LogP contribution in [0.15, 0.2) is 48.5 Å². The monoisotopic (exact) mass is 421 g/mol. The number of hydrogen-bond acceptors (Lipinski definition) is 4. The van der Waals surface area contributed by atoms with Gasteiger partial charge >= 0.3 is 0 Å². The van der Waals surface area contributed by atoms with Gasteiger partial charge in [0.25, 0.3) is 0 Å². The van der Waals surface area contributed by atoms with Gasteiger partial charge in [0.15, 0.2) is 0 Å². The third-order valence-corrected chi connectivity index (χ3v) is 6.74. The Morgan fingerprint density at radius 2 is 1.65 bits per heavy atom. The molecular formula is C26H35N3O2. The van der Waals surface area contributed by atoms with Crippen LogP contribution in [0.2, 0.25) is 0 Å². The molecule has 0 saturated carbocycles. The maximum atomic E-state index is 13.4. The highest BCUT2D eigenvalue weighted by Crippen LogP contribution is 2.31. The molecule has 0 radical (unpaired) electrons. The molecule has 2 aliphatic heterocycles. The zero-order valence-electron chi connectivity index (χ0n) is 19.1. The summed E-state index contributed by atoms with van der Waals surface area (Å²) in [7, 11) is 2.17. The summed E-state index contributed by atoms with van der Waals surface area (Å²) in [6, 6.07) is 16.4. The lowest BCUT2D eigenvalue weighted by atomic mass is 9.89. The molecule has 0 aromatic heterocycles. The average Bonchev–Trinajstić information content (AvgIpc) is 2.76. The summed E-state index contributed by atoms with van der Waals surface area (Å²) in [6.07, 6.45) is 2.74. The van der Waals surface area contributed by atoms with Crippen molar-refractivity contribution in [1.29, 1.82) is 0 Å². The Morgan fingerprint density at radius 3 is 2.32 bits per heavy atom. The van der Waals surface area contributed by atoms with Crippen LogP contribution < -0.4 is 9.80 Å². The second-order valence-electron chi connectivity index (χ2n) is 9.56. The number of likely N-dealkylation sites (N-methyl/N-ethyl adjacent to an activating group) is 1. The van der Waals surface area contributed by atoms with Crippen molar-refractivity contribution >= 4 is 17.3 Å². The predicted octanol–water partition coefficient (Wildman–Crippen LogP) is 3.65. The number of nitrogens with zero attached hydrogens (tertiary/aromatic N) is 3. The van der Waals surface area contributed by atoms with E-state index in [0.717, 1.165) is 63.2 Å². The normalized spacial score (nSPS) is 20.9. The Balaban J connectivity index is 1.49. The highest BCUT2D eigenvalue weighted by molar-refractivity contribution is 5.96. The van der Waals surface area contributed by atoms with E-state index in [9.17, 15) is 9.90 Å². The third kappa shape index (κ3) is 4.94. The Labute approximate surface area is 186 Å². The van der Waals surface area contributed by atoms with E-state index < -0.39 is 5.60 Å². The van der Waals surface area contributed by atoms with Gasteiger partial charge < -0.3 is 19.8 Å². The Kier molecular flexibility index (Phi) is 6.35. The molecule has 2 aliphatic rings. The van der Waals surface area contributed by atoms with Gasteiger partial charge in [-0.05, 0) is 69.5 Å². The van der Waals surface area contributed by atoms with Gasteiger partial charge in [-0.1, -0.05) is 30.3 Å². The first-order chi connectivity index (χ1) is 14.8. The second kappa shape index (κ2) is 9.01. The van der Waals surface area contributed by atoms with Crippen LogP contribution in [0.4, 0.5) is 11.4 Å². The average molecular weight is 422 g/mol. The molecule has 31 heavy (non-hydrogen) atoms. The number of piperidine rings is 1. The van der Waals surface area contributed by atoms with E-state index in [0.29, 0.717) is 0 Å². The summed E-state index contributed by atoms with van der Waals surface area (Å²) in [6.45, 7) is 8.54. The first-order valence-corrected chi connectivity index (χ1v) is 11.5. The third-order valence-electron chi connectivity index (χ3n) is 6.74. The molecule has 2 aromatic rings. The van der Waals surface area contributed by atoms with E-state index in [2.05, 4.69) is 41.1 Å². The minimum atomic E-state index is -0.875. The summed E-state index contributed by atoms with van der Waals surface area (Å²) in [5.41, 5.74) is 3.48. The Hall–Kier alpha value is -2.37. The van der Waals surface area contributed by atoms with Crippen molar-refractivity contribution in [1.82, 2.24) is 4.90 Å². The summed E-state index contributed by atoms with van der Waals surface area (Å²) < 4.78 is 0. The largest absolute Gasteiger partial charge is 0.386 e. The van der Waals surface area contributed by atoms with E-state index in [1.807, 2.05) is 29.2 Å². The fourth-order valence-corrected chi connectivity index (χ4v) is 4.75. The number of hydrogen-bond donors (Lipinski definition) is 1. The quantitative estimate of drug-likeness (QED) is 0.801. The van der Waals surface area contributed by atoms with Crippen LogP contribution >= 0.6 is 0 Å². The molecular weight excluding hydrogens is 386 g/mol. The van der Waals surface area contributed by atoms with E-state index in [-0.39, 0.29) is 11.8 Å². The standard InChI is InChI=1S/C26H35N3O2/c1-26(2,31)22-10-12-23(13-11-22)29-14-6-8-21(25(29)30)19-20-7-4-5-9-24(20)28-17-15-27(3)16-18-28/h4-5,7,9-13,21,31H,6,8,14-19H2,1-3H3/t21-/m0/s1. The van der Waals surface area contributed by atoms with E-state index in [4.69, 9.17) is 0 Å². The molecule has 0 unspecified atom stereocenters. The van der Waals surface area contributed by atoms with Gasteiger partial charge in [-0.25, -0.2) is 0 Å². The number of rotatable bonds is 5. The van der Waals surface area contributed by atoms with E-state index in [1.165, 1.54) is 11.3 Å². The van der Waals surface area contributed by atoms with Crippen molar-refractivity contribution in [3.05, 3.63) is 59.7 Å². The fourth-order valence-electron chi connectivity index (χ4n) is 4.75. The maximum Gasteiger partial charge on any atom is 0.230 e. The molecule has 2 fully saturated rings. The van der Waals surface area contributed by atoms with Crippen LogP contribution in [0.1, 0.15) is 37.8 Å². The van der Waals surface area contributed by atoms with Crippen LogP contribution in [0.3, 0.4) is 0 Å². The highest BCUT2D eigenvalue weighted by Gasteiger charge is 2.31. The van der Waals surface area contributed by atoms with Gasteiger partial charge in [-0.3, -0.25) is 4.79 Å². The number of piperazine rings is 1. The second-order valence-corrected chi connectivity index (χ2v) is 9.56. The summed E-state index contributed by atoms with van der Waals surface area (Å²) in [4.78, 5) is 20.2. The van der Waals surface area contributed by atoms with Crippen LogP contribution in [0.25, 0.3) is 0 Å². The van der Waals surface area contributed by atoms with Gasteiger partial charge in [0, 0.05) is 50.0 Å². The minimum absolute atomic E-state index is 0.0105. The molecule has 5 nitrogen and oxygen atoms in total. The zero-order valence-corrected chi connectivity index (χ0v) is 19.1. The number of aliphatic hydroxyl groups is 1. The summed E-state index contributed by atoms with van der Waals surface area (Å²) in [5, 5.41) is 10.2. The lowest BCUT2D eigenvalue weighted by molar-refractivity contribution is -0.123. The summed E-state index contributed by atoms with van der Waals surface area (Å²) >= 11 is 0. The maximum absolute atomic E-state index is 13.4. The number of carbonyl (C=O) groups is 1. The number of carbonyl (C=O) groups excluding carboxylic acids is 1. The topological polar surface area (TPSA) is 47.0 Å². The molecule has 1 N–H and O–H groups in total. The number of para-hydroxylation sites is 1. The van der Waals surface area contributed by atoms with Crippen molar-refractivity contribution in [2.45, 2.75) is 38.7 Å². The number of anilines is 2. The van der Waals surface area contributed by atoms with Gasteiger partial charge in [0.1, 0.15) is 0 Å². The van der Waals surface area contributed by atoms with Crippen molar-refractivity contribution < 1.29 is 9.90 Å². The summed E-state index contributed by atoms with van der Waals surface area (Å²) in [5.74, 6) is 0.228. The molecule has 2 heterocycles. The molecule has 4 rings (SSSR count). The van der Waals surface area contributed by atoms with Crippen LogP contribution in [0, 0.1) is 5.92 Å². The van der Waals surface area contributed by atoms with E-state index in [1.54, 1.807) is 13.8 Å². The van der Waals surface area contributed by atoms with Crippen molar-refractivity contribution in [2.24, 2.45) is 5.92 Å². The van der Waals surface area contributed by atoms with Crippen LogP contribution in [-0.2, 0) is 16.8 Å². The molecule has 2 saturated heterocycles. The molecule has 1 atom stereocenters. The smallest absolute Gasteiger partial charge is 0.230 e. The van der Waals surface area contributed by atoms with Gasteiger partial charge in [-0.15, -0.1) is 0 Å². The molecule has 5 heteroatoms. The van der Waals surface area contributed by atoms with Crippen LogP contribution in [-0.4, -0.2) is 55.7 Å². The molecule has 166 valence electrons. The van der Waals surface area contributed by atoms with E-state index >= 15 is 0 Å². The predicted molar refractivity (Wildman–Crippen MR) is 127 cm³/mol. The van der Waals surface area contributed by atoms with Gasteiger partial charge in [0.05, 0.1) is 5.60 Å². The van der Waals surface area contributed by atoms with Gasteiger partial charge in [0.2, 0.25) is 5.91 Å². The van der Waals surface area contributed by atoms with Crippen molar-refractivity contribution in [3.8, 4) is 0 Å². The van der Waals surface area contributed by atoms with Crippen molar-refractivity contribution in [3.63, 3.8) is 0 Å². The first-order valence-electron chi connectivity index (χ1n) is 11.5. The minimum Gasteiger partial charge on any atom is -0.386 e. The SMILES string of the molecule is CN1CCN(c2ccccc2C[C@@H]2CCCN(c3ccc(C(C)(C)O)cc3)C2=O)CC1. The van der Waals surface area contributed by atoms with Gasteiger partial charge in [-0.2, -0.15) is 0 Å². The highest BCUT2D eigenvalue weighted by atomic mass is 16.3. The lowest BCUT2D eigenvalue weighted by Crippen LogP contribution is -2.45.